The molecule has 1 atom stereocenters. The van der Waals surface area contributed by atoms with E-state index >= 15 is 0 Å². The molecule has 0 bridgehead atoms. The standard InChI is InChI=1S/C17H12N4O2S/c18-8-11-13(9-3-5-10(22)6-4-9)14-15(12-2-1-7-24-12)20-21-17(14)23-16(11)19/h1-7,13,22H,19H2,(H,20,21). The number of hydrogen-bond acceptors (Lipinski definition) is 6. The molecule has 0 radical (unpaired) electrons. The summed E-state index contributed by atoms with van der Waals surface area (Å²) in [7, 11) is 0. The fourth-order valence-corrected chi connectivity index (χ4v) is 3.59. The van der Waals surface area contributed by atoms with Crippen LogP contribution >= 0.6 is 11.3 Å². The highest BCUT2D eigenvalue weighted by Gasteiger charge is 2.35. The minimum atomic E-state index is -0.407. The lowest BCUT2D eigenvalue weighted by Gasteiger charge is -2.23. The van der Waals surface area contributed by atoms with Gasteiger partial charge >= 0.3 is 0 Å². The fourth-order valence-electron chi connectivity index (χ4n) is 2.85. The maximum absolute atomic E-state index is 9.59. The van der Waals surface area contributed by atoms with Gasteiger partial charge in [0, 0.05) is 0 Å². The third-order valence-electron chi connectivity index (χ3n) is 3.93. The molecule has 1 aliphatic heterocycles. The van der Waals surface area contributed by atoms with E-state index in [1.54, 1.807) is 35.6 Å². The van der Waals surface area contributed by atoms with Crippen molar-refractivity contribution in [2.24, 2.45) is 5.73 Å². The molecule has 0 amide bonds. The lowest BCUT2D eigenvalue weighted by atomic mass is 9.84. The van der Waals surface area contributed by atoms with Crippen molar-refractivity contribution in [2.75, 3.05) is 0 Å². The van der Waals surface area contributed by atoms with Crippen LogP contribution in [0.5, 0.6) is 11.6 Å². The van der Waals surface area contributed by atoms with E-state index in [0.717, 1.165) is 21.7 Å². The highest BCUT2D eigenvalue weighted by atomic mass is 32.1. The van der Waals surface area contributed by atoms with Crippen LogP contribution in [0.25, 0.3) is 10.6 Å². The Hall–Kier alpha value is -3.24. The highest BCUT2D eigenvalue weighted by Crippen LogP contribution is 2.46. The number of aromatic nitrogens is 2. The number of hydrogen-bond donors (Lipinski definition) is 3. The summed E-state index contributed by atoms with van der Waals surface area (Å²) in [5.41, 5.74) is 8.66. The van der Waals surface area contributed by atoms with Gasteiger partial charge in [-0.25, -0.2) is 0 Å². The second-order valence-electron chi connectivity index (χ2n) is 5.31. The SMILES string of the molecule is N#CC1=C(N)Oc2n[nH]c(-c3cccs3)c2C1c1ccc(O)cc1. The molecule has 0 saturated carbocycles. The van der Waals surface area contributed by atoms with Crippen molar-refractivity contribution in [3.8, 4) is 28.3 Å². The summed E-state index contributed by atoms with van der Waals surface area (Å²) in [6.45, 7) is 0. The molecule has 6 nitrogen and oxygen atoms in total. The predicted molar refractivity (Wildman–Crippen MR) is 89.3 cm³/mol. The topological polar surface area (TPSA) is 108 Å². The Labute approximate surface area is 141 Å². The summed E-state index contributed by atoms with van der Waals surface area (Å²) in [4.78, 5) is 0.994. The number of fused-ring (bicyclic) bond motifs is 1. The number of aromatic hydroxyl groups is 1. The van der Waals surface area contributed by atoms with Crippen LogP contribution in [0.2, 0.25) is 0 Å². The molecule has 4 rings (SSSR count). The molecule has 0 fully saturated rings. The highest BCUT2D eigenvalue weighted by molar-refractivity contribution is 7.13. The first-order valence-corrected chi connectivity index (χ1v) is 8.05. The molecule has 3 heterocycles. The summed E-state index contributed by atoms with van der Waals surface area (Å²) in [5.74, 6) is 0.169. The molecule has 1 unspecified atom stereocenters. The number of nitrogens with one attached hydrogen (secondary N) is 1. The van der Waals surface area contributed by atoms with E-state index in [1.165, 1.54) is 0 Å². The quantitative estimate of drug-likeness (QED) is 0.666. The van der Waals surface area contributed by atoms with Crippen LogP contribution in [0.3, 0.4) is 0 Å². The molecule has 0 saturated heterocycles. The number of phenolic OH excluding ortho intramolecular Hbond substituents is 1. The molecule has 3 aromatic rings. The number of phenols is 1. The number of nitrogens with zero attached hydrogens (tertiary/aromatic N) is 2. The Balaban J connectivity index is 1.95. The molecule has 2 aromatic heterocycles. The van der Waals surface area contributed by atoms with Gasteiger partial charge in [0.05, 0.1) is 22.1 Å². The van der Waals surface area contributed by atoms with Crippen molar-refractivity contribution in [3.63, 3.8) is 0 Å². The second-order valence-corrected chi connectivity index (χ2v) is 6.26. The zero-order valence-electron chi connectivity index (χ0n) is 12.4. The minimum Gasteiger partial charge on any atom is -0.508 e. The molecule has 4 N–H and O–H groups in total. The first-order valence-electron chi connectivity index (χ1n) is 7.17. The number of allylic oxidation sites excluding steroid dienone is 1. The van der Waals surface area contributed by atoms with E-state index in [9.17, 15) is 10.4 Å². The largest absolute Gasteiger partial charge is 0.508 e. The van der Waals surface area contributed by atoms with Crippen LogP contribution < -0.4 is 10.5 Å². The number of ether oxygens (including phenoxy) is 1. The van der Waals surface area contributed by atoms with Crippen molar-refractivity contribution in [2.45, 2.75) is 5.92 Å². The van der Waals surface area contributed by atoms with E-state index in [0.29, 0.717) is 11.5 Å². The predicted octanol–water partition coefficient (Wildman–Crippen LogP) is 3.06. The van der Waals surface area contributed by atoms with E-state index < -0.39 is 5.92 Å². The Kier molecular flexibility index (Phi) is 3.25. The van der Waals surface area contributed by atoms with Gasteiger partial charge in [-0.3, -0.25) is 5.10 Å². The molecule has 0 spiro atoms. The summed E-state index contributed by atoms with van der Waals surface area (Å²) < 4.78 is 5.54. The Morgan fingerprint density at radius 3 is 2.75 bits per heavy atom. The summed E-state index contributed by atoms with van der Waals surface area (Å²) in [6, 6.07) is 12.8. The molecule has 7 heteroatoms. The van der Waals surface area contributed by atoms with Gasteiger partial charge in [0.25, 0.3) is 0 Å². The van der Waals surface area contributed by atoms with Crippen LogP contribution in [0, 0.1) is 11.3 Å². The van der Waals surface area contributed by atoms with Crippen LogP contribution in [-0.2, 0) is 0 Å². The second kappa shape index (κ2) is 5.44. The number of nitrogens with two attached hydrogens (primary N) is 1. The Morgan fingerprint density at radius 1 is 1.29 bits per heavy atom. The summed E-state index contributed by atoms with van der Waals surface area (Å²) in [5, 5.41) is 28.3. The van der Waals surface area contributed by atoms with Gasteiger partial charge in [0.2, 0.25) is 11.8 Å². The number of H-pyrrole nitrogens is 1. The average molecular weight is 336 g/mol. The van der Waals surface area contributed by atoms with Gasteiger partial charge < -0.3 is 15.6 Å². The number of benzene rings is 1. The van der Waals surface area contributed by atoms with Gasteiger partial charge in [0.1, 0.15) is 17.4 Å². The van der Waals surface area contributed by atoms with Crippen LogP contribution in [0.1, 0.15) is 17.0 Å². The molecular weight excluding hydrogens is 324 g/mol. The maximum Gasteiger partial charge on any atom is 0.244 e. The van der Waals surface area contributed by atoms with E-state index in [1.807, 2.05) is 17.5 Å². The number of rotatable bonds is 2. The first-order chi connectivity index (χ1) is 11.7. The van der Waals surface area contributed by atoms with E-state index in [-0.39, 0.29) is 11.6 Å². The average Bonchev–Trinajstić information content (AvgIpc) is 3.23. The van der Waals surface area contributed by atoms with Gasteiger partial charge in [-0.2, -0.15) is 5.26 Å². The van der Waals surface area contributed by atoms with Crippen LogP contribution in [-0.4, -0.2) is 15.3 Å². The third-order valence-corrected chi connectivity index (χ3v) is 4.82. The molecule has 0 aliphatic carbocycles. The Bertz CT molecular complexity index is 965. The maximum atomic E-state index is 9.59. The van der Waals surface area contributed by atoms with Crippen LogP contribution in [0.15, 0.2) is 53.2 Å². The molecule has 24 heavy (non-hydrogen) atoms. The molecule has 1 aliphatic rings. The Morgan fingerprint density at radius 2 is 2.08 bits per heavy atom. The van der Waals surface area contributed by atoms with E-state index in [2.05, 4.69) is 16.3 Å². The number of thiophene rings is 1. The van der Waals surface area contributed by atoms with Crippen molar-refractivity contribution in [1.29, 1.82) is 5.26 Å². The monoisotopic (exact) mass is 336 g/mol. The van der Waals surface area contributed by atoms with Crippen molar-refractivity contribution < 1.29 is 9.84 Å². The third kappa shape index (κ3) is 2.13. The van der Waals surface area contributed by atoms with E-state index in [4.69, 9.17) is 10.5 Å². The normalized spacial score (nSPS) is 16.4. The van der Waals surface area contributed by atoms with Gasteiger partial charge in [-0.05, 0) is 29.1 Å². The van der Waals surface area contributed by atoms with Gasteiger partial charge in [-0.15, -0.1) is 16.4 Å². The summed E-state index contributed by atoms with van der Waals surface area (Å²) in [6.07, 6.45) is 0. The molecule has 118 valence electrons. The van der Waals surface area contributed by atoms with Crippen LogP contribution in [0.4, 0.5) is 0 Å². The molecule has 1 aromatic carbocycles. The molecular formula is C17H12N4O2S. The van der Waals surface area contributed by atoms with Crippen molar-refractivity contribution >= 4 is 11.3 Å². The van der Waals surface area contributed by atoms with Gasteiger partial charge in [0.15, 0.2) is 0 Å². The summed E-state index contributed by atoms with van der Waals surface area (Å²) >= 11 is 1.57. The zero-order valence-corrected chi connectivity index (χ0v) is 13.2. The lowest BCUT2D eigenvalue weighted by molar-refractivity contribution is 0.379. The first kappa shape index (κ1) is 14.4. The number of aromatic amines is 1. The van der Waals surface area contributed by atoms with Crippen molar-refractivity contribution in [1.82, 2.24) is 10.2 Å². The van der Waals surface area contributed by atoms with Gasteiger partial charge in [-0.1, -0.05) is 18.2 Å². The smallest absolute Gasteiger partial charge is 0.244 e. The van der Waals surface area contributed by atoms with Crippen molar-refractivity contribution in [3.05, 3.63) is 64.4 Å². The minimum absolute atomic E-state index is 0.0484. The fraction of sp³-hybridized carbons (Fsp3) is 0.0588. The zero-order chi connectivity index (χ0) is 16.7. The lowest BCUT2D eigenvalue weighted by Crippen LogP contribution is -2.20. The number of nitriles is 1.